The number of hydrogen-bond acceptors (Lipinski definition) is 4. The predicted octanol–water partition coefficient (Wildman–Crippen LogP) is 3.21. The number of amides is 1. The highest BCUT2D eigenvalue weighted by atomic mass is 32.2. The molecular formula is C15H17N3OS. The van der Waals surface area contributed by atoms with E-state index in [1.54, 1.807) is 11.8 Å². The summed E-state index contributed by atoms with van der Waals surface area (Å²) in [5.41, 5.74) is 7.45. The summed E-state index contributed by atoms with van der Waals surface area (Å²) in [5.74, 6) is -0.0684. The van der Waals surface area contributed by atoms with Crippen LogP contribution < -0.4 is 11.1 Å². The van der Waals surface area contributed by atoms with Gasteiger partial charge in [0.2, 0.25) is 5.91 Å². The first-order valence-electron chi connectivity index (χ1n) is 6.31. The zero-order valence-electron chi connectivity index (χ0n) is 11.5. The van der Waals surface area contributed by atoms with Crippen molar-refractivity contribution in [3.8, 4) is 0 Å². The maximum absolute atomic E-state index is 10.9. The summed E-state index contributed by atoms with van der Waals surface area (Å²) < 4.78 is 0. The van der Waals surface area contributed by atoms with Crippen LogP contribution in [-0.2, 0) is 4.79 Å². The van der Waals surface area contributed by atoms with Gasteiger partial charge in [-0.05, 0) is 43.3 Å². The van der Waals surface area contributed by atoms with Crippen LogP contribution in [0, 0.1) is 0 Å². The Labute approximate surface area is 122 Å². The molecule has 1 heterocycles. The average molecular weight is 287 g/mol. The highest BCUT2D eigenvalue weighted by molar-refractivity contribution is 7.99. The van der Waals surface area contributed by atoms with Gasteiger partial charge in [-0.15, -0.1) is 0 Å². The second-order valence-corrected chi connectivity index (χ2v) is 5.66. The van der Waals surface area contributed by atoms with E-state index in [0.717, 1.165) is 21.2 Å². The molecule has 1 amide bonds. The first kappa shape index (κ1) is 14.6. The first-order chi connectivity index (χ1) is 9.54. The molecule has 1 aromatic heterocycles. The van der Waals surface area contributed by atoms with Gasteiger partial charge in [0, 0.05) is 34.6 Å². The van der Waals surface area contributed by atoms with Gasteiger partial charge < -0.3 is 11.1 Å². The Balaban J connectivity index is 2.04. The molecule has 0 spiro atoms. The van der Waals surface area contributed by atoms with Crippen molar-refractivity contribution >= 4 is 23.4 Å². The van der Waals surface area contributed by atoms with Crippen LogP contribution in [0.2, 0.25) is 0 Å². The lowest BCUT2D eigenvalue weighted by atomic mass is 10.2. The normalized spacial score (nSPS) is 11.9. The SMILES string of the molecule is CC(=O)Nc1ccc(Sc2ccc(C(C)N)nc2)cc1. The number of carbonyl (C=O) groups is 1. The predicted molar refractivity (Wildman–Crippen MR) is 81.7 cm³/mol. The largest absolute Gasteiger partial charge is 0.326 e. The van der Waals surface area contributed by atoms with Crippen LogP contribution in [0.4, 0.5) is 5.69 Å². The van der Waals surface area contributed by atoms with E-state index in [4.69, 9.17) is 5.73 Å². The van der Waals surface area contributed by atoms with Crippen LogP contribution in [0.3, 0.4) is 0 Å². The van der Waals surface area contributed by atoms with Crippen molar-refractivity contribution in [2.75, 3.05) is 5.32 Å². The maximum atomic E-state index is 10.9. The number of hydrogen-bond donors (Lipinski definition) is 2. The Bertz CT molecular complexity index is 579. The summed E-state index contributed by atoms with van der Waals surface area (Å²) in [6, 6.07) is 11.6. The lowest BCUT2D eigenvalue weighted by Gasteiger charge is -2.07. The molecule has 1 atom stereocenters. The van der Waals surface area contributed by atoms with E-state index < -0.39 is 0 Å². The Hall–Kier alpha value is -1.85. The molecule has 5 heteroatoms. The van der Waals surface area contributed by atoms with Gasteiger partial charge >= 0.3 is 0 Å². The summed E-state index contributed by atoms with van der Waals surface area (Å²) in [7, 11) is 0. The van der Waals surface area contributed by atoms with E-state index in [9.17, 15) is 4.79 Å². The topological polar surface area (TPSA) is 68.0 Å². The van der Waals surface area contributed by atoms with Crippen molar-refractivity contribution in [1.82, 2.24) is 4.98 Å². The number of benzene rings is 1. The number of nitrogens with one attached hydrogen (secondary N) is 1. The number of nitrogens with zero attached hydrogens (tertiary/aromatic N) is 1. The van der Waals surface area contributed by atoms with E-state index in [0.29, 0.717) is 0 Å². The van der Waals surface area contributed by atoms with Crippen molar-refractivity contribution in [2.45, 2.75) is 29.7 Å². The third kappa shape index (κ3) is 4.08. The molecule has 0 aliphatic heterocycles. The van der Waals surface area contributed by atoms with Gasteiger partial charge in [-0.2, -0.15) is 0 Å². The zero-order chi connectivity index (χ0) is 14.5. The monoisotopic (exact) mass is 287 g/mol. The molecule has 4 nitrogen and oxygen atoms in total. The number of nitrogens with two attached hydrogens (primary N) is 1. The van der Waals surface area contributed by atoms with Crippen LogP contribution in [0.1, 0.15) is 25.6 Å². The van der Waals surface area contributed by atoms with Crippen LogP contribution in [-0.4, -0.2) is 10.9 Å². The molecule has 3 N–H and O–H groups in total. The minimum absolute atomic E-state index is 0.0500. The van der Waals surface area contributed by atoms with E-state index in [-0.39, 0.29) is 11.9 Å². The molecule has 0 aliphatic rings. The zero-order valence-corrected chi connectivity index (χ0v) is 12.3. The highest BCUT2D eigenvalue weighted by Gasteiger charge is 2.03. The first-order valence-corrected chi connectivity index (χ1v) is 7.13. The third-order valence-electron chi connectivity index (χ3n) is 2.64. The van der Waals surface area contributed by atoms with Crippen LogP contribution in [0.5, 0.6) is 0 Å². The van der Waals surface area contributed by atoms with Gasteiger partial charge in [0.05, 0.1) is 5.69 Å². The summed E-state index contributed by atoms with van der Waals surface area (Å²) >= 11 is 1.62. The lowest BCUT2D eigenvalue weighted by Crippen LogP contribution is -2.06. The molecular weight excluding hydrogens is 270 g/mol. The van der Waals surface area contributed by atoms with Crippen LogP contribution >= 0.6 is 11.8 Å². The van der Waals surface area contributed by atoms with Crippen molar-refractivity contribution < 1.29 is 4.79 Å². The average Bonchev–Trinajstić information content (AvgIpc) is 2.41. The molecule has 0 saturated heterocycles. The van der Waals surface area contributed by atoms with Crippen molar-refractivity contribution in [3.05, 3.63) is 48.3 Å². The lowest BCUT2D eigenvalue weighted by molar-refractivity contribution is -0.114. The fraction of sp³-hybridized carbons (Fsp3) is 0.200. The fourth-order valence-electron chi connectivity index (χ4n) is 1.67. The third-order valence-corrected chi connectivity index (χ3v) is 3.62. The number of anilines is 1. The summed E-state index contributed by atoms with van der Waals surface area (Å²) in [4.78, 5) is 17.4. The van der Waals surface area contributed by atoms with Crippen molar-refractivity contribution in [1.29, 1.82) is 0 Å². The second-order valence-electron chi connectivity index (χ2n) is 4.52. The Kier molecular flexibility index (Phi) is 4.76. The fourth-order valence-corrected chi connectivity index (χ4v) is 2.45. The molecule has 1 unspecified atom stereocenters. The Morgan fingerprint density at radius 1 is 1.20 bits per heavy atom. The van der Waals surface area contributed by atoms with Gasteiger partial charge in [0.25, 0.3) is 0 Å². The smallest absolute Gasteiger partial charge is 0.221 e. The minimum Gasteiger partial charge on any atom is -0.326 e. The summed E-state index contributed by atoms with van der Waals surface area (Å²) in [6.45, 7) is 3.41. The summed E-state index contributed by atoms with van der Waals surface area (Å²) in [6.07, 6.45) is 1.82. The molecule has 104 valence electrons. The molecule has 0 radical (unpaired) electrons. The van der Waals surface area contributed by atoms with E-state index in [1.165, 1.54) is 6.92 Å². The Morgan fingerprint density at radius 3 is 2.35 bits per heavy atom. The van der Waals surface area contributed by atoms with Crippen LogP contribution in [0.25, 0.3) is 0 Å². The molecule has 0 fully saturated rings. The Morgan fingerprint density at radius 2 is 1.85 bits per heavy atom. The van der Waals surface area contributed by atoms with Gasteiger partial charge in [0.15, 0.2) is 0 Å². The minimum atomic E-state index is -0.0684. The van der Waals surface area contributed by atoms with Gasteiger partial charge in [-0.25, -0.2) is 0 Å². The van der Waals surface area contributed by atoms with E-state index in [1.807, 2.05) is 49.5 Å². The molecule has 0 bridgehead atoms. The molecule has 0 aliphatic carbocycles. The highest BCUT2D eigenvalue weighted by Crippen LogP contribution is 2.28. The molecule has 20 heavy (non-hydrogen) atoms. The molecule has 1 aromatic carbocycles. The molecule has 2 rings (SSSR count). The molecule has 2 aromatic rings. The number of carbonyl (C=O) groups excluding carboxylic acids is 1. The van der Waals surface area contributed by atoms with Gasteiger partial charge in [-0.3, -0.25) is 9.78 Å². The van der Waals surface area contributed by atoms with Crippen molar-refractivity contribution in [3.63, 3.8) is 0 Å². The maximum Gasteiger partial charge on any atom is 0.221 e. The quantitative estimate of drug-likeness (QED) is 0.906. The second kappa shape index (κ2) is 6.54. The molecule has 0 saturated carbocycles. The van der Waals surface area contributed by atoms with Gasteiger partial charge in [-0.1, -0.05) is 11.8 Å². The van der Waals surface area contributed by atoms with Crippen LogP contribution in [0.15, 0.2) is 52.4 Å². The summed E-state index contributed by atoms with van der Waals surface area (Å²) in [5, 5.41) is 2.74. The number of aromatic nitrogens is 1. The number of pyridine rings is 1. The van der Waals surface area contributed by atoms with Gasteiger partial charge in [0.1, 0.15) is 0 Å². The standard InChI is InChI=1S/C15H17N3OS/c1-10(16)15-8-7-14(9-17-15)20-13-5-3-12(4-6-13)18-11(2)19/h3-10H,16H2,1-2H3,(H,18,19). The number of rotatable bonds is 4. The van der Waals surface area contributed by atoms with E-state index in [2.05, 4.69) is 10.3 Å². The van der Waals surface area contributed by atoms with Crippen molar-refractivity contribution in [2.24, 2.45) is 5.73 Å². The van der Waals surface area contributed by atoms with E-state index >= 15 is 0 Å².